The van der Waals surface area contributed by atoms with Gasteiger partial charge in [0.1, 0.15) is 18.1 Å². The molecule has 0 saturated carbocycles. The molecule has 0 heterocycles. The fourth-order valence-electron chi connectivity index (χ4n) is 2.43. The molecule has 0 aromatic heterocycles. The maximum atomic E-state index is 12.0. The molecule has 29 heavy (non-hydrogen) atoms. The van der Waals surface area contributed by atoms with Crippen LogP contribution in [0.25, 0.3) is 0 Å². The molecule has 2 aromatic carbocycles. The van der Waals surface area contributed by atoms with Gasteiger partial charge in [-0.25, -0.2) is 12.7 Å². The molecule has 0 fully saturated rings. The molecular formula is C21H28N2O5S. The third-order valence-electron chi connectivity index (χ3n) is 4.19. The molecule has 0 unspecified atom stereocenters. The van der Waals surface area contributed by atoms with Gasteiger partial charge in [0.2, 0.25) is 10.0 Å². The Morgan fingerprint density at radius 1 is 1.03 bits per heavy atom. The van der Waals surface area contributed by atoms with Crippen molar-refractivity contribution >= 4 is 15.9 Å². The van der Waals surface area contributed by atoms with Gasteiger partial charge in [0.15, 0.2) is 6.61 Å². The van der Waals surface area contributed by atoms with Crippen molar-refractivity contribution in [1.82, 2.24) is 9.62 Å². The standard InChI is InChI=1S/C21H28N2O5S/c1-16-5-9-19(10-6-16)27-14-17(2)22-21(24)15-28-20-11-7-18(8-12-20)13-23(3)29(4,25)26/h5-12,17H,13-15H2,1-4H3,(H,22,24)/t17-/m0/s1. The summed E-state index contributed by atoms with van der Waals surface area (Å²) in [6, 6.07) is 14.5. The number of amides is 1. The zero-order valence-corrected chi connectivity index (χ0v) is 18.0. The van der Waals surface area contributed by atoms with Crippen LogP contribution in [-0.2, 0) is 21.4 Å². The zero-order valence-electron chi connectivity index (χ0n) is 17.2. The topological polar surface area (TPSA) is 84.9 Å². The van der Waals surface area contributed by atoms with E-state index in [9.17, 15) is 13.2 Å². The molecule has 0 aliphatic carbocycles. The Hall–Kier alpha value is -2.58. The fraction of sp³-hybridized carbons (Fsp3) is 0.381. The largest absolute Gasteiger partial charge is 0.491 e. The minimum absolute atomic E-state index is 0.114. The average molecular weight is 421 g/mol. The van der Waals surface area contributed by atoms with E-state index in [1.54, 1.807) is 24.3 Å². The number of carbonyl (C=O) groups excluding carboxylic acids is 1. The van der Waals surface area contributed by atoms with Crippen LogP contribution in [0.4, 0.5) is 0 Å². The van der Waals surface area contributed by atoms with E-state index in [-0.39, 0.29) is 25.1 Å². The van der Waals surface area contributed by atoms with E-state index >= 15 is 0 Å². The van der Waals surface area contributed by atoms with E-state index in [0.717, 1.165) is 23.1 Å². The van der Waals surface area contributed by atoms with Crippen molar-refractivity contribution in [2.75, 3.05) is 26.5 Å². The summed E-state index contributed by atoms with van der Waals surface area (Å²) in [5.74, 6) is 1.05. The van der Waals surface area contributed by atoms with E-state index in [0.29, 0.717) is 12.4 Å². The van der Waals surface area contributed by atoms with Crippen molar-refractivity contribution in [2.24, 2.45) is 0 Å². The van der Waals surface area contributed by atoms with Crippen molar-refractivity contribution in [2.45, 2.75) is 26.4 Å². The highest BCUT2D eigenvalue weighted by molar-refractivity contribution is 7.88. The second-order valence-electron chi connectivity index (χ2n) is 7.04. The van der Waals surface area contributed by atoms with Crippen LogP contribution in [0, 0.1) is 6.92 Å². The first-order valence-electron chi connectivity index (χ1n) is 9.25. The molecule has 0 aliphatic rings. The van der Waals surface area contributed by atoms with Crippen LogP contribution in [-0.4, -0.2) is 51.2 Å². The summed E-state index contributed by atoms with van der Waals surface area (Å²) in [6.45, 7) is 4.39. The summed E-state index contributed by atoms with van der Waals surface area (Å²) in [4.78, 5) is 12.0. The van der Waals surface area contributed by atoms with Gasteiger partial charge >= 0.3 is 0 Å². The lowest BCUT2D eigenvalue weighted by Gasteiger charge is -2.16. The highest BCUT2D eigenvalue weighted by atomic mass is 32.2. The highest BCUT2D eigenvalue weighted by Crippen LogP contribution is 2.14. The van der Waals surface area contributed by atoms with Gasteiger partial charge in [-0.2, -0.15) is 0 Å². The summed E-state index contributed by atoms with van der Waals surface area (Å²) >= 11 is 0. The Bertz CT molecular complexity index is 896. The normalized spacial score (nSPS) is 12.4. The van der Waals surface area contributed by atoms with E-state index in [1.807, 2.05) is 38.1 Å². The molecule has 0 aliphatic heterocycles. The van der Waals surface area contributed by atoms with Gasteiger partial charge in [0.25, 0.3) is 5.91 Å². The Labute approximate surface area is 172 Å². The Morgan fingerprint density at radius 2 is 1.59 bits per heavy atom. The van der Waals surface area contributed by atoms with Crippen molar-refractivity contribution in [3.05, 3.63) is 59.7 Å². The molecule has 7 nitrogen and oxygen atoms in total. The Morgan fingerprint density at radius 3 is 2.17 bits per heavy atom. The lowest BCUT2D eigenvalue weighted by Crippen LogP contribution is -2.39. The molecule has 1 N–H and O–H groups in total. The SMILES string of the molecule is Cc1ccc(OC[C@H](C)NC(=O)COc2ccc(CN(C)S(C)(=O)=O)cc2)cc1. The van der Waals surface area contributed by atoms with E-state index in [4.69, 9.17) is 9.47 Å². The number of sulfonamides is 1. The van der Waals surface area contributed by atoms with Gasteiger partial charge in [0, 0.05) is 13.6 Å². The first-order chi connectivity index (χ1) is 13.6. The van der Waals surface area contributed by atoms with Crippen LogP contribution in [0.1, 0.15) is 18.1 Å². The number of hydrogen-bond acceptors (Lipinski definition) is 5. The van der Waals surface area contributed by atoms with Crippen LogP contribution < -0.4 is 14.8 Å². The highest BCUT2D eigenvalue weighted by Gasteiger charge is 2.12. The van der Waals surface area contributed by atoms with Crippen LogP contribution in [0.15, 0.2) is 48.5 Å². The van der Waals surface area contributed by atoms with Crippen molar-refractivity contribution < 1.29 is 22.7 Å². The number of nitrogens with one attached hydrogen (secondary N) is 1. The smallest absolute Gasteiger partial charge is 0.258 e. The van der Waals surface area contributed by atoms with Gasteiger partial charge < -0.3 is 14.8 Å². The maximum absolute atomic E-state index is 12.0. The van der Waals surface area contributed by atoms with E-state index in [1.165, 1.54) is 11.4 Å². The Kier molecular flexibility index (Phi) is 8.04. The molecule has 1 atom stereocenters. The lowest BCUT2D eigenvalue weighted by atomic mass is 10.2. The predicted octanol–water partition coefficient (Wildman–Crippen LogP) is 2.35. The predicted molar refractivity (Wildman–Crippen MR) is 113 cm³/mol. The zero-order chi connectivity index (χ0) is 21.4. The molecule has 0 spiro atoms. The minimum Gasteiger partial charge on any atom is -0.491 e. The van der Waals surface area contributed by atoms with E-state index < -0.39 is 10.0 Å². The molecule has 2 aromatic rings. The lowest BCUT2D eigenvalue weighted by molar-refractivity contribution is -0.123. The summed E-state index contributed by atoms with van der Waals surface area (Å²) in [6.07, 6.45) is 1.16. The monoisotopic (exact) mass is 420 g/mol. The summed E-state index contributed by atoms with van der Waals surface area (Å²) in [5.41, 5.74) is 1.99. The summed E-state index contributed by atoms with van der Waals surface area (Å²) < 4.78 is 35.3. The molecule has 2 rings (SSSR count). The van der Waals surface area contributed by atoms with Crippen molar-refractivity contribution in [1.29, 1.82) is 0 Å². The van der Waals surface area contributed by atoms with Crippen LogP contribution >= 0.6 is 0 Å². The number of rotatable bonds is 10. The number of nitrogens with zero attached hydrogens (tertiary/aromatic N) is 1. The second-order valence-corrected chi connectivity index (χ2v) is 9.13. The van der Waals surface area contributed by atoms with E-state index in [2.05, 4.69) is 5.32 Å². The van der Waals surface area contributed by atoms with Crippen molar-refractivity contribution in [3.63, 3.8) is 0 Å². The number of carbonyl (C=O) groups is 1. The minimum atomic E-state index is -3.23. The van der Waals surface area contributed by atoms with Crippen LogP contribution in [0.2, 0.25) is 0 Å². The summed E-state index contributed by atoms with van der Waals surface area (Å²) in [7, 11) is -1.71. The van der Waals surface area contributed by atoms with Gasteiger partial charge in [-0.3, -0.25) is 4.79 Å². The number of hydrogen-bond donors (Lipinski definition) is 1. The number of aryl methyl sites for hydroxylation is 1. The Balaban J connectivity index is 1.73. The third kappa shape index (κ3) is 8.13. The molecule has 158 valence electrons. The van der Waals surface area contributed by atoms with Gasteiger partial charge in [-0.05, 0) is 43.7 Å². The van der Waals surface area contributed by atoms with Crippen LogP contribution in [0.3, 0.4) is 0 Å². The fourth-order valence-corrected chi connectivity index (χ4v) is 2.81. The van der Waals surface area contributed by atoms with Crippen molar-refractivity contribution in [3.8, 4) is 11.5 Å². The number of benzene rings is 2. The van der Waals surface area contributed by atoms with Gasteiger partial charge in [-0.15, -0.1) is 0 Å². The summed E-state index contributed by atoms with van der Waals surface area (Å²) in [5, 5.41) is 2.82. The quantitative estimate of drug-likeness (QED) is 0.638. The molecular weight excluding hydrogens is 392 g/mol. The third-order valence-corrected chi connectivity index (χ3v) is 5.45. The first-order valence-corrected chi connectivity index (χ1v) is 11.1. The maximum Gasteiger partial charge on any atom is 0.258 e. The average Bonchev–Trinajstić information content (AvgIpc) is 2.66. The molecule has 0 saturated heterocycles. The second kappa shape index (κ2) is 10.3. The molecule has 1 amide bonds. The van der Waals surface area contributed by atoms with Crippen LogP contribution in [0.5, 0.6) is 11.5 Å². The first kappa shape index (κ1) is 22.7. The molecule has 0 radical (unpaired) electrons. The number of ether oxygens (including phenoxy) is 2. The molecule has 8 heteroatoms. The van der Waals surface area contributed by atoms with Gasteiger partial charge in [-0.1, -0.05) is 29.8 Å². The van der Waals surface area contributed by atoms with Gasteiger partial charge in [0.05, 0.1) is 12.3 Å². The molecule has 0 bridgehead atoms.